The maximum atomic E-state index is 14.0. The lowest BCUT2D eigenvalue weighted by Crippen LogP contribution is -2.38. The molecule has 1 aliphatic heterocycles. The first-order valence-electron chi connectivity index (χ1n) is 13.2. The van der Waals surface area contributed by atoms with Crippen LogP contribution in [0.1, 0.15) is 45.3 Å². The Morgan fingerprint density at radius 3 is 2.66 bits per heavy atom. The molecule has 7 rings (SSSR count). The molecule has 1 N–H and O–H groups in total. The summed E-state index contributed by atoms with van der Waals surface area (Å²) in [5, 5.41) is 9.59. The van der Waals surface area contributed by atoms with Crippen LogP contribution in [0.15, 0.2) is 105 Å². The van der Waals surface area contributed by atoms with Crippen LogP contribution in [-0.2, 0) is 6.42 Å². The number of fused-ring (bicyclic) bond motifs is 3. The number of benzene rings is 3. The highest BCUT2D eigenvalue weighted by Crippen LogP contribution is 2.41. The van der Waals surface area contributed by atoms with E-state index in [0.717, 1.165) is 41.0 Å². The Kier molecular flexibility index (Phi) is 6.05. The quantitative estimate of drug-likeness (QED) is 0.316. The number of furan rings is 1. The van der Waals surface area contributed by atoms with Gasteiger partial charge in [-0.15, -0.1) is 0 Å². The van der Waals surface area contributed by atoms with Crippen molar-refractivity contribution in [2.45, 2.75) is 18.9 Å². The summed E-state index contributed by atoms with van der Waals surface area (Å²) in [6, 6.07) is 26.0. The van der Waals surface area contributed by atoms with E-state index in [0.29, 0.717) is 26.4 Å². The molecule has 0 bridgehead atoms. The number of hydrogen-bond donors (Lipinski definition) is 1. The van der Waals surface area contributed by atoms with Gasteiger partial charge in [0.2, 0.25) is 0 Å². The van der Waals surface area contributed by atoms with Gasteiger partial charge in [-0.3, -0.25) is 9.36 Å². The summed E-state index contributed by atoms with van der Waals surface area (Å²) in [4.78, 5) is 31.4. The first-order chi connectivity index (χ1) is 20.0. The standard InChI is InChI=1S/C33H24N2O5S/c1-39-21-9-6-8-20(17-21)30-26-15-13-19-7-2-3-10-23(19)29(26)34-33-35(30)31(36)28(41-33)18-22-14-16-27(40-22)24-11-4-5-12-25(24)32(37)38/h2-12,14,16-18,30H,13,15H2,1H3,(H,37,38)/b28-18-/t30-/m0/s1. The summed E-state index contributed by atoms with van der Waals surface area (Å²) >= 11 is 1.32. The van der Waals surface area contributed by atoms with E-state index in [4.69, 9.17) is 14.1 Å². The average Bonchev–Trinajstić information content (AvgIpc) is 3.60. The third-order valence-electron chi connectivity index (χ3n) is 7.61. The number of rotatable bonds is 5. The van der Waals surface area contributed by atoms with Gasteiger partial charge in [-0.25, -0.2) is 9.79 Å². The van der Waals surface area contributed by atoms with E-state index in [1.165, 1.54) is 23.0 Å². The molecule has 1 aliphatic carbocycles. The first kappa shape index (κ1) is 25.0. The van der Waals surface area contributed by atoms with E-state index in [1.54, 1.807) is 48.1 Å². The van der Waals surface area contributed by atoms with Gasteiger partial charge in [-0.05, 0) is 59.9 Å². The third-order valence-corrected chi connectivity index (χ3v) is 8.59. The number of nitrogens with zero attached hydrogens (tertiary/aromatic N) is 2. The Labute approximate surface area is 238 Å². The molecule has 0 saturated heterocycles. The molecule has 0 fully saturated rings. The van der Waals surface area contributed by atoms with Gasteiger partial charge in [0.15, 0.2) is 4.80 Å². The van der Waals surface area contributed by atoms with Crippen molar-refractivity contribution in [3.63, 3.8) is 0 Å². The monoisotopic (exact) mass is 560 g/mol. The van der Waals surface area contributed by atoms with Crippen molar-refractivity contribution in [3.8, 4) is 17.1 Å². The van der Waals surface area contributed by atoms with E-state index in [-0.39, 0.29) is 17.2 Å². The summed E-state index contributed by atoms with van der Waals surface area (Å²) in [7, 11) is 1.64. The number of aromatic carboxylic acids is 1. The summed E-state index contributed by atoms with van der Waals surface area (Å²) in [6.45, 7) is 0. The minimum absolute atomic E-state index is 0.150. The second kappa shape index (κ2) is 9.91. The summed E-state index contributed by atoms with van der Waals surface area (Å²) in [6.07, 6.45) is 3.38. The highest BCUT2D eigenvalue weighted by molar-refractivity contribution is 7.07. The van der Waals surface area contributed by atoms with Crippen LogP contribution in [0.5, 0.6) is 5.75 Å². The molecule has 0 amide bonds. The van der Waals surface area contributed by atoms with Crippen LogP contribution in [0.4, 0.5) is 0 Å². The normalized spacial score (nSPS) is 16.0. The van der Waals surface area contributed by atoms with Crippen LogP contribution in [0, 0.1) is 0 Å². The number of methoxy groups -OCH3 is 1. The zero-order valence-corrected chi connectivity index (χ0v) is 22.9. The molecule has 3 aromatic carbocycles. The fourth-order valence-electron chi connectivity index (χ4n) is 5.72. The summed E-state index contributed by atoms with van der Waals surface area (Å²) in [5.41, 5.74) is 5.83. The lowest BCUT2D eigenvalue weighted by Gasteiger charge is -2.31. The number of hydrogen-bond acceptors (Lipinski definition) is 6. The summed E-state index contributed by atoms with van der Waals surface area (Å²) < 4.78 is 13.8. The zero-order chi connectivity index (χ0) is 28.1. The molecule has 202 valence electrons. The third kappa shape index (κ3) is 4.24. The molecule has 3 heterocycles. The van der Waals surface area contributed by atoms with Crippen molar-refractivity contribution in [1.29, 1.82) is 0 Å². The maximum absolute atomic E-state index is 14.0. The molecule has 2 aromatic heterocycles. The topological polar surface area (TPSA) is 94.0 Å². The van der Waals surface area contributed by atoms with Crippen LogP contribution in [-0.4, -0.2) is 22.8 Å². The fraction of sp³-hybridized carbons (Fsp3) is 0.121. The van der Waals surface area contributed by atoms with Crippen molar-refractivity contribution in [2.24, 2.45) is 4.99 Å². The second-order valence-electron chi connectivity index (χ2n) is 9.94. The minimum atomic E-state index is -1.03. The van der Waals surface area contributed by atoms with Gasteiger partial charge in [-0.2, -0.15) is 0 Å². The van der Waals surface area contributed by atoms with Gasteiger partial charge in [0.25, 0.3) is 5.56 Å². The predicted octanol–water partition coefficient (Wildman–Crippen LogP) is 5.29. The summed E-state index contributed by atoms with van der Waals surface area (Å²) in [5.74, 6) is 0.570. The highest BCUT2D eigenvalue weighted by Gasteiger charge is 2.32. The van der Waals surface area contributed by atoms with E-state index in [9.17, 15) is 14.7 Å². The van der Waals surface area contributed by atoms with Crippen molar-refractivity contribution >= 4 is 29.1 Å². The molecular formula is C33H24N2O5S. The Hall–Kier alpha value is -4.95. The van der Waals surface area contributed by atoms with Gasteiger partial charge in [0.05, 0.1) is 28.9 Å². The Bertz CT molecular complexity index is 2060. The van der Waals surface area contributed by atoms with Crippen molar-refractivity contribution in [2.75, 3.05) is 7.11 Å². The SMILES string of the molecule is COc1cccc([C@H]2C3=C(N=c4s/c(=C\c5ccc(-c6ccccc6C(=O)O)o5)c(=O)n42)c2ccccc2CC3)c1. The largest absolute Gasteiger partial charge is 0.497 e. The number of aromatic nitrogens is 1. The van der Waals surface area contributed by atoms with Crippen LogP contribution in [0.25, 0.3) is 23.1 Å². The number of aryl methyl sites for hydroxylation is 1. The molecular weight excluding hydrogens is 536 g/mol. The Morgan fingerprint density at radius 1 is 1.02 bits per heavy atom. The van der Waals surface area contributed by atoms with E-state index >= 15 is 0 Å². The maximum Gasteiger partial charge on any atom is 0.336 e. The first-order valence-corrected chi connectivity index (χ1v) is 14.0. The number of thiazole rings is 1. The van der Waals surface area contributed by atoms with Crippen LogP contribution >= 0.6 is 11.3 Å². The fourth-order valence-corrected chi connectivity index (χ4v) is 6.70. The predicted molar refractivity (Wildman–Crippen MR) is 157 cm³/mol. The van der Waals surface area contributed by atoms with Gasteiger partial charge >= 0.3 is 5.97 Å². The van der Waals surface area contributed by atoms with Crippen LogP contribution < -0.4 is 19.6 Å². The molecule has 0 unspecified atom stereocenters. The number of carbonyl (C=O) groups is 1. The molecule has 7 nitrogen and oxygen atoms in total. The number of allylic oxidation sites excluding steroid dienone is 1. The average molecular weight is 561 g/mol. The number of carboxylic acids is 1. The molecule has 41 heavy (non-hydrogen) atoms. The second-order valence-corrected chi connectivity index (χ2v) is 11.0. The lowest BCUT2D eigenvalue weighted by molar-refractivity contribution is 0.0697. The van der Waals surface area contributed by atoms with Crippen LogP contribution in [0.3, 0.4) is 0 Å². The van der Waals surface area contributed by atoms with E-state index in [1.807, 2.05) is 36.4 Å². The Morgan fingerprint density at radius 2 is 1.83 bits per heavy atom. The lowest BCUT2D eigenvalue weighted by atomic mass is 9.83. The van der Waals surface area contributed by atoms with E-state index in [2.05, 4.69) is 12.1 Å². The van der Waals surface area contributed by atoms with Crippen molar-refractivity contribution in [3.05, 3.63) is 138 Å². The number of ether oxygens (including phenoxy) is 1. The molecule has 2 aliphatic rings. The molecule has 5 aromatic rings. The minimum Gasteiger partial charge on any atom is -0.497 e. The zero-order valence-electron chi connectivity index (χ0n) is 22.0. The molecule has 8 heteroatoms. The smallest absolute Gasteiger partial charge is 0.336 e. The van der Waals surface area contributed by atoms with Gasteiger partial charge in [0, 0.05) is 17.2 Å². The van der Waals surface area contributed by atoms with Crippen molar-refractivity contribution in [1.82, 2.24) is 4.57 Å². The molecule has 0 saturated carbocycles. The van der Waals surface area contributed by atoms with Crippen LogP contribution in [0.2, 0.25) is 0 Å². The molecule has 1 atom stereocenters. The van der Waals surface area contributed by atoms with Crippen molar-refractivity contribution < 1.29 is 19.1 Å². The van der Waals surface area contributed by atoms with Gasteiger partial charge in [0.1, 0.15) is 17.3 Å². The highest BCUT2D eigenvalue weighted by atomic mass is 32.1. The molecule has 0 spiro atoms. The Balaban J connectivity index is 1.40. The molecule has 0 radical (unpaired) electrons. The van der Waals surface area contributed by atoms with Gasteiger partial charge in [-0.1, -0.05) is 65.9 Å². The number of carboxylic acid groups (broad SMARTS) is 1. The van der Waals surface area contributed by atoms with Gasteiger partial charge < -0.3 is 14.3 Å². The van der Waals surface area contributed by atoms with E-state index < -0.39 is 5.97 Å².